The van der Waals surface area contributed by atoms with E-state index < -0.39 is 11.4 Å². The van der Waals surface area contributed by atoms with Gasteiger partial charge in [0, 0.05) is 30.6 Å². The SMILES string of the molecule is CC(C)C(C)(O)[C@H]1CCCN(c2ccc(F)c(-c3n[nH]c4ncccc34)n2)C1. The lowest BCUT2D eigenvalue weighted by atomic mass is 9.76. The largest absolute Gasteiger partial charge is 0.390 e. The van der Waals surface area contributed by atoms with Crippen LogP contribution in [-0.4, -0.2) is 44.0 Å². The lowest BCUT2D eigenvalue weighted by Crippen LogP contribution is -2.49. The lowest BCUT2D eigenvalue weighted by molar-refractivity contribution is -0.0462. The number of hydrogen-bond acceptors (Lipinski definition) is 5. The highest BCUT2D eigenvalue weighted by molar-refractivity contribution is 5.89. The number of anilines is 1. The van der Waals surface area contributed by atoms with E-state index in [0.29, 0.717) is 23.7 Å². The topological polar surface area (TPSA) is 77.9 Å². The molecule has 3 aromatic heterocycles. The number of halogens is 1. The van der Waals surface area contributed by atoms with Crippen molar-refractivity contribution >= 4 is 16.9 Å². The van der Waals surface area contributed by atoms with Crippen molar-refractivity contribution in [3.63, 3.8) is 0 Å². The van der Waals surface area contributed by atoms with Gasteiger partial charge in [-0.05, 0) is 49.9 Å². The number of piperidine rings is 1. The molecule has 2 N–H and O–H groups in total. The Morgan fingerprint density at radius 1 is 1.29 bits per heavy atom. The predicted molar refractivity (Wildman–Crippen MR) is 107 cm³/mol. The Labute approximate surface area is 163 Å². The number of pyridine rings is 2. The molecule has 0 aliphatic carbocycles. The van der Waals surface area contributed by atoms with Crippen molar-refractivity contribution in [2.24, 2.45) is 11.8 Å². The fraction of sp³-hybridized carbons (Fsp3) is 0.476. The maximum atomic E-state index is 14.6. The summed E-state index contributed by atoms with van der Waals surface area (Å²) >= 11 is 0. The zero-order valence-electron chi connectivity index (χ0n) is 16.5. The van der Waals surface area contributed by atoms with Gasteiger partial charge in [0.15, 0.2) is 11.5 Å². The quantitative estimate of drug-likeness (QED) is 0.717. The number of rotatable bonds is 4. The second kappa shape index (κ2) is 7.13. The van der Waals surface area contributed by atoms with Crippen LogP contribution < -0.4 is 4.90 Å². The monoisotopic (exact) mass is 383 g/mol. The molecule has 1 saturated heterocycles. The average molecular weight is 383 g/mol. The summed E-state index contributed by atoms with van der Waals surface area (Å²) < 4.78 is 14.6. The third-order valence-electron chi connectivity index (χ3n) is 6.13. The molecule has 7 heteroatoms. The smallest absolute Gasteiger partial charge is 0.155 e. The van der Waals surface area contributed by atoms with Gasteiger partial charge in [0.1, 0.15) is 17.2 Å². The lowest BCUT2D eigenvalue weighted by Gasteiger charge is -2.43. The number of aromatic amines is 1. The molecule has 0 bridgehead atoms. The van der Waals surface area contributed by atoms with Crippen molar-refractivity contribution in [1.29, 1.82) is 0 Å². The first-order chi connectivity index (χ1) is 13.4. The first kappa shape index (κ1) is 18.8. The van der Waals surface area contributed by atoms with Gasteiger partial charge in [-0.3, -0.25) is 5.10 Å². The summed E-state index contributed by atoms with van der Waals surface area (Å²) in [5, 5.41) is 18.7. The Morgan fingerprint density at radius 3 is 2.89 bits per heavy atom. The van der Waals surface area contributed by atoms with E-state index in [1.165, 1.54) is 6.07 Å². The summed E-state index contributed by atoms with van der Waals surface area (Å²) in [4.78, 5) is 11.0. The van der Waals surface area contributed by atoms with Crippen LogP contribution >= 0.6 is 0 Å². The van der Waals surface area contributed by atoms with Crippen LogP contribution in [0, 0.1) is 17.7 Å². The van der Waals surface area contributed by atoms with Crippen molar-refractivity contribution in [3.8, 4) is 11.4 Å². The fourth-order valence-corrected chi connectivity index (χ4v) is 3.94. The van der Waals surface area contributed by atoms with Crippen LogP contribution in [-0.2, 0) is 0 Å². The minimum atomic E-state index is -0.744. The Hall–Kier alpha value is -2.54. The van der Waals surface area contributed by atoms with Gasteiger partial charge in [-0.2, -0.15) is 5.10 Å². The van der Waals surface area contributed by atoms with Crippen molar-refractivity contribution in [3.05, 3.63) is 36.3 Å². The summed E-state index contributed by atoms with van der Waals surface area (Å²) in [5.74, 6) is 0.605. The van der Waals surface area contributed by atoms with E-state index >= 15 is 0 Å². The van der Waals surface area contributed by atoms with Crippen molar-refractivity contribution in [2.75, 3.05) is 18.0 Å². The van der Waals surface area contributed by atoms with Crippen molar-refractivity contribution < 1.29 is 9.50 Å². The van der Waals surface area contributed by atoms with E-state index in [0.717, 1.165) is 24.8 Å². The summed E-state index contributed by atoms with van der Waals surface area (Å²) in [7, 11) is 0. The van der Waals surface area contributed by atoms with Gasteiger partial charge >= 0.3 is 0 Å². The van der Waals surface area contributed by atoms with Crippen LogP contribution in [0.4, 0.5) is 10.2 Å². The van der Waals surface area contributed by atoms with Gasteiger partial charge in [0.25, 0.3) is 0 Å². The Morgan fingerprint density at radius 2 is 2.11 bits per heavy atom. The van der Waals surface area contributed by atoms with Gasteiger partial charge in [0.05, 0.1) is 5.60 Å². The normalized spacial score (nSPS) is 19.9. The van der Waals surface area contributed by atoms with Crippen LogP contribution in [0.3, 0.4) is 0 Å². The summed E-state index contributed by atoms with van der Waals surface area (Å²) in [6.07, 6.45) is 3.61. The number of aromatic nitrogens is 4. The molecule has 0 amide bonds. The van der Waals surface area contributed by atoms with Gasteiger partial charge in [-0.15, -0.1) is 0 Å². The van der Waals surface area contributed by atoms with Gasteiger partial charge in [-0.1, -0.05) is 13.8 Å². The first-order valence-corrected chi connectivity index (χ1v) is 9.81. The molecule has 6 nitrogen and oxygen atoms in total. The maximum absolute atomic E-state index is 14.6. The molecular weight excluding hydrogens is 357 g/mol. The number of H-pyrrole nitrogens is 1. The number of nitrogens with zero attached hydrogens (tertiary/aromatic N) is 4. The van der Waals surface area contributed by atoms with Crippen molar-refractivity contribution in [1.82, 2.24) is 20.2 Å². The molecule has 4 rings (SSSR count). The molecule has 1 unspecified atom stereocenters. The minimum absolute atomic E-state index is 0.145. The van der Waals surface area contributed by atoms with E-state index in [2.05, 4.69) is 25.1 Å². The van der Waals surface area contributed by atoms with Crippen LogP contribution in [0.5, 0.6) is 0 Å². The highest BCUT2D eigenvalue weighted by Gasteiger charge is 2.38. The van der Waals surface area contributed by atoms with Crippen LogP contribution in [0.2, 0.25) is 0 Å². The highest BCUT2D eigenvalue weighted by Crippen LogP contribution is 2.35. The van der Waals surface area contributed by atoms with E-state index in [-0.39, 0.29) is 17.5 Å². The molecule has 0 saturated carbocycles. The third kappa shape index (κ3) is 3.24. The second-order valence-electron chi connectivity index (χ2n) is 8.14. The number of nitrogens with one attached hydrogen (secondary N) is 1. The number of fused-ring (bicyclic) bond motifs is 1. The van der Waals surface area contributed by atoms with E-state index in [1.54, 1.807) is 18.3 Å². The zero-order chi connectivity index (χ0) is 19.9. The first-order valence-electron chi connectivity index (χ1n) is 9.81. The molecule has 0 aromatic carbocycles. The van der Waals surface area contributed by atoms with Crippen LogP contribution in [0.15, 0.2) is 30.5 Å². The van der Waals surface area contributed by atoms with Gasteiger partial charge < -0.3 is 10.0 Å². The fourth-order valence-electron chi connectivity index (χ4n) is 3.94. The van der Waals surface area contributed by atoms with Crippen molar-refractivity contribution in [2.45, 2.75) is 39.2 Å². The van der Waals surface area contributed by atoms with E-state index in [4.69, 9.17) is 0 Å². The second-order valence-corrected chi connectivity index (χ2v) is 8.14. The molecule has 148 valence electrons. The Kier molecular flexibility index (Phi) is 4.79. The predicted octanol–water partition coefficient (Wildman–Crippen LogP) is 3.78. The molecule has 28 heavy (non-hydrogen) atoms. The van der Waals surface area contributed by atoms with Crippen LogP contribution in [0.25, 0.3) is 22.4 Å². The zero-order valence-corrected chi connectivity index (χ0v) is 16.5. The molecule has 1 fully saturated rings. The number of aliphatic hydroxyl groups is 1. The summed E-state index contributed by atoms with van der Waals surface area (Å²) in [5.41, 5.74) is 0.542. The Balaban J connectivity index is 1.67. The molecule has 1 aliphatic heterocycles. The van der Waals surface area contributed by atoms with E-state index in [9.17, 15) is 9.50 Å². The van der Waals surface area contributed by atoms with Gasteiger partial charge in [-0.25, -0.2) is 14.4 Å². The van der Waals surface area contributed by atoms with E-state index in [1.807, 2.05) is 26.8 Å². The molecule has 0 spiro atoms. The maximum Gasteiger partial charge on any atom is 0.155 e. The number of hydrogen-bond donors (Lipinski definition) is 2. The molecule has 3 aromatic rings. The third-order valence-corrected chi connectivity index (χ3v) is 6.13. The van der Waals surface area contributed by atoms with Gasteiger partial charge in [0.2, 0.25) is 0 Å². The average Bonchev–Trinajstić information content (AvgIpc) is 3.12. The molecule has 4 heterocycles. The molecule has 0 radical (unpaired) electrons. The molecule has 1 aliphatic rings. The molecular formula is C21H26FN5O. The highest BCUT2D eigenvalue weighted by atomic mass is 19.1. The summed E-state index contributed by atoms with van der Waals surface area (Å²) in [6, 6.07) is 6.80. The standard InChI is InChI=1S/C21H26FN5O/c1-13(2)21(3,28)14-6-5-11-27(12-14)17-9-8-16(22)19(24-17)18-15-7-4-10-23-20(15)26-25-18/h4,7-10,13-14,28H,5-6,11-12H2,1-3H3,(H,23,25,26)/t14-,21?/m0/s1. The van der Waals surface area contributed by atoms with Crippen LogP contribution in [0.1, 0.15) is 33.6 Å². The summed E-state index contributed by atoms with van der Waals surface area (Å²) in [6.45, 7) is 7.55. The minimum Gasteiger partial charge on any atom is -0.390 e. The molecule has 2 atom stereocenters. The Bertz CT molecular complexity index is 984.